The topological polar surface area (TPSA) is 12.5 Å². The van der Waals surface area contributed by atoms with Crippen LogP contribution in [0.15, 0.2) is 60.8 Å². The number of hydrogen-bond acceptors (Lipinski definition) is 3. The Morgan fingerprint density at radius 3 is 2.42 bits per heavy atom. The zero-order valence-corrected chi connectivity index (χ0v) is 11.6. The summed E-state index contributed by atoms with van der Waals surface area (Å²) in [7, 11) is 1.69. The van der Waals surface area contributed by atoms with Crippen molar-refractivity contribution in [2.24, 2.45) is 0 Å². The highest BCUT2D eigenvalue weighted by Crippen LogP contribution is 2.36. The molecule has 0 N–H and O–H groups in total. The van der Waals surface area contributed by atoms with Crippen LogP contribution in [0.3, 0.4) is 0 Å². The van der Waals surface area contributed by atoms with E-state index in [1.165, 1.54) is 16.2 Å². The predicted molar refractivity (Wildman–Crippen MR) is 82.4 cm³/mol. The first-order valence-corrected chi connectivity index (χ1v) is 7.16. The van der Waals surface area contributed by atoms with Crippen LogP contribution in [-0.4, -0.2) is 13.0 Å². The summed E-state index contributed by atoms with van der Waals surface area (Å²) in [6.07, 6.45) is 2.21. The zero-order valence-electron chi connectivity index (χ0n) is 10.7. The highest BCUT2D eigenvalue weighted by Gasteiger charge is 2.15. The fraction of sp³-hybridized carbons (Fsp3) is 0.125. The lowest BCUT2D eigenvalue weighted by molar-refractivity contribution is 0.415. The maximum absolute atomic E-state index is 5.19. The lowest BCUT2D eigenvalue weighted by atomic mass is 10.2. The summed E-state index contributed by atoms with van der Waals surface area (Å²) in [6.45, 7) is 0. The van der Waals surface area contributed by atoms with Crippen molar-refractivity contribution in [2.75, 3.05) is 17.9 Å². The Bertz CT molecular complexity index is 577. The summed E-state index contributed by atoms with van der Waals surface area (Å²) in [6, 6.07) is 18.7. The Morgan fingerprint density at radius 2 is 1.74 bits per heavy atom. The Labute approximate surface area is 117 Å². The number of hydrogen-bond donors (Lipinski definition) is 0. The maximum Gasteiger partial charge on any atom is 0.118 e. The average Bonchev–Trinajstić information content (AvgIpc) is 2.98. The second kappa shape index (κ2) is 5.41. The maximum atomic E-state index is 5.19. The van der Waals surface area contributed by atoms with Crippen LogP contribution in [0.1, 0.15) is 5.56 Å². The Balaban J connectivity index is 1.82. The molecule has 0 aliphatic carbocycles. The minimum absolute atomic E-state index is 0.896. The van der Waals surface area contributed by atoms with Crippen LogP contribution in [0.5, 0.6) is 5.75 Å². The third kappa shape index (κ3) is 2.61. The van der Waals surface area contributed by atoms with Crippen LogP contribution >= 0.6 is 11.8 Å². The average molecular weight is 269 g/mol. The van der Waals surface area contributed by atoms with E-state index in [1.807, 2.05) is 30.0 Å². The highest BCUT2D eigenvalue weighted by molar-refractivity contribution is 8.08. The lowest BCUT2D eigenvalue weighted by Crippen LogP contribution is -2.09. The van der Waals surface area contributed by atoms with E-state index in [1.54, 1.807) is 7.11 Å². The van der Waals surface area contributed by atoms with Gasteiger partial charge in [-0.15, -0.1) is 11.8 Å². The van der Waals surface area contributed by atoms with Crippen molar-refractivity contribution in [1.29, 1.82) is 0 Å². The molecule has 2 aromatic carbocycles. The van der Waals surface area contributed by atoms with Crippen molar-refractivity contribution in [1.82, 2.24) is 0 Å². The molecular formula is C16H15NOS. The van der Waals surface area contributed by atoms with Crippen LogP contribution in [0, 0.1) is 0 Å². The number of benzene rings is 2. The Morgan fingerprint density at radius 1 is 1.00 bits per heavy atom. The summed E-state index contributed by atoms with van der Waals surface area (Å²) in [5, 5.41) is 0. The van der Waals surface area contributed by atoms with Gasteiger partial charge in [-0.2, -0.15) is 0 Å². The first kappa shape index (κ1) is 12.2. The molecule has 0 atom stereocenters. The summed E-state index contributed by atoms with van der Waals surface area (Å²) in [4.78, 5) is 3.57. The Hall–Kier alpha value is -1.87. The van der Waals surface area contributed by atoms with Gasteiger partial charge in [0.15, 0.2) is 0 Å². The molecule has 2 aromatic rings. The minimum Gasteiger partial charge on any atom is -0.497 e. The second-order valence-corrected chi connectivity index (χ2v) is 5.29. The van der Waals surface area contributed by atoms with E-state index in [0.29, 0.717) is 0 Å². The van der Waals surface area contributed by atoms with Gasteiger partial charge in [-0.25, -0.2) is 0 Å². The second-order valence-electron chi connectivity index (χ2n) is 4.30. The summed E-state index contributed by atoms with van der Waals surface area (Å²) >= 11 is 1.86. The summed E-state index contributed by atoms with van der Waals surface area (Å²) < 4.78 is 5.19. The van der Waals surface area contributed by atoms with E-state index in [4.69, 9.17) is 4.74 Å². The molecule has 96 valence electrons. The van der Waals surface area contributed by atoms with Crippen molar-refractivity contribution >= 4 is 22.4 Å². The first-order chi connectivity index (χ1) is 9.36. The minimum atomic E-state index is 0.896. The molecule has 2 nitrogen and oxygen atoms in total. The molecule has 0 saturated heterocycles. The molecule has 19 heavy (non-hydrogen) atoms. The van der Waals surface area contributed by atoms with Gasteiger partial charge in [-0.3, -0.25) is 0 Å². The molecule has 0 saturated carbocycles. The number of methoxy groups -OCH3 is 1. The van der Waals surface area contributed by atoms with E-state index >= 15 is 0 Å². The molecule has 3 heteroatoms. The highest BCUT2D eigenvalue weighted by atomic mass is 32.2. The van der Waals surface area contributed by atoms with Gasteiger partial charge < -0.3 is 9.64 Å². The largest absolute Gasteiger partial charge is 0.497 e. The van der Waals surface area contributed by atoms with E-state index in [-0.39, 0.29) is 0 Å². The van der Waals surface area contributed by atoms with Gasteiger partial charge in [0.25, 0.3) is 0 Å². The normalized spacial score (nSPS) is 14.4. The van der Waals surface area contributed by atoms with Crippen molar-refractivity contribution in [3.63, 3.8) is 0 Å². The van der Waals surface area contributed by atoms with Crippen LogP contribution in [-0.2, 0) is 0 Å². The fourth-order valence-corrected chi connectivity index (χ4v) is 3.04. The van der Waals surface area contributed by atoms with Crippen LogP contribution in [0.2, 0.25) is 0 Å². The molecule has 1 aliphatic heterocycles. The van der Waals surface area contributed by atoms with Crippen molar-refractivity contribution in [2.45, 2.75) is 0 Å². The number of ether oxygens (including phenoxy) is 1. The number of para-hydroxylation sites is 1. The van der Waals surface area contributed by atoms with Gasteiger partial charge >= 0.3 is 0 Å². The van der Waals surface area contributed by atoms with E-state index in [2.05, 4.69) is 47.5 Å². The number of anilines is 1. The standard InChI is InChI=1S/C16H15NOS/c1-18-15-9-7-13(8-10-15)16-11-17(12-19-16)14-5-3-2-4-6-14/h2-11H,12H2,1H3. The van der Waals surface area contributed by atoms with Gasteiger partial charge in [-0.1, -0.05) is 30.3 Å². The van der Waals surface area contributed by atoms with Crippen LogP contribution < -0.4 is 9.64 Å². The number of thioether (sulfide) groups is 1. The van der Waals surface area contributed by atoms with Gasteiger partial charge in [0, 0.05) is 16.8 Å². The zero-order chi connectivity index (χ0) is 13.1. The third-order valence-electron chi connectivity index (χ3n) is 3.09. The van der Waals surface area contributed by atoms with Crippen molar-refractivity contribution in [3.05, 3.63) is 66.4 Å². The van der Waals surface area contributed by atoms with Crippen LogP contribution in [0.25, 0.3) is 4.91 Å². The van der Waals surface area contributed by atoms with E-state index in [0.717, 1.165) is 11.6 Å². The van der Waals surface area contributed by atoms with E-state index < -0.39 is 0 Å². The smallest absolute Gasteiger partial charge is 0.118 e. The van der Waals surface area contributed by atoms with Gasteiger partial charge in [0.2, 0.25) is 0 Å². The van der Waals surface area contributed by atoms with Crippen molar-refractivity contribution < 1.29 is 4.74 Å². The predicted octanol–water partition coefficient (Wildman–Crippen LogP) is 4.20. The monoisotopic (exact) mass is 269 g/mol. The molecule has 3 rings (SSSR count). The van der Waals surface area contributed by atoms with Gasteiger partial charge in [0.1, 0.15) is 5.75 Å². The van der Waals surface area contributed by atoms with Crippen LogP contribution in [0.4, 0.5) is 5.69 Å². The molecule has 0 amide bonds. The van der Waals surface area contributed by atoms with Gasteiger partial charge in [0.05, 0.1) is 13.0 Å². The molecular weight excluding hydrogens is 254 g/mol. The quantitative estimate of drug-likeness (QED) is 0.828. The molecule has 0 bridgehead atoms. The fourth-order valence-electron chi connectivity index (χ4n) is 2.04. The summed E-state index contributed by atoms with van der Waals surface area (Å²) in [5.74, 6) is 1.86. The van der Waals surface area contributed by atoms with E-state index in [9.17, 15) is 0 Å². The number of rotatable bonds is 3. The lowest BCUT2D eigenvalue weighted by Gasteiger charge is -2.13. The molecule has 0 aromatic heterocycles. The molecule has 1 heterocycles. The summed E-state index contributed by atoms with van der Waals surface area (Å²) in [5.41, 5.74) is 2.47. The third-order valence-corrected chi connectivity index (χ3v) is 4.15. The first-order valence-electron chi connectivity index (χ1n) is 6.17. The molecule has 0 radical (unpaired) electrons. The molecule has 0 unspecified atom stereocenters. The number of nitrogens with zero attached hydrogens (tertiary/aromatic N) is 1. The van der Waals surface area contributed by atoms with Crippen molar-refractivity contribution in [3.8, 4) is 5.75 Å². The Kier molecular flexibility index (Phi) is 3.47. The molecule has 0 spiro atoms. The molecule has 0 fully saturated rings. The van der Waals surface area contributed by atoms with Gasteiger partial charge in [-0.05, 0) is 29.8 Å². The SMILES string of the molecule is COc1ccc(C2=CN(c3ccccc3)CS2)cc1. The molecule has 1 aliphatic rings.